The summed E-state index contributed by atoms with van der Waals surface area (Å²) in [4.78, 5) is 6.20. The van der Waals surface area contributed by atoms with E-state index in [0.29, 0.717) is 42.5 Å². The van der Waals surface area contributed by atoms with Crippen LogP contribution < -0.4 is 10.6 Å². The third-order valence-corrected chi connectivity index (χ3v) is 3.23. The van der Waals surface area contributed by atoms with E-state index in [1.54, 1.807) is 19.2 Å². The molecule has 1 saturated heterocycles. The van der Waals surface area contributed by atoms with Crippen LogP contribution in [0.25, 0.3) is 0 Å². The van der Waals surface area contributed by atoms with Gasteiger partial charge in [0.1, 0.15) is 11.5 Å². The van der Waals surface area contributed by atoms with Gasteiger partial charge in [-0.25, -0.2) is 9.37 Å². The van der Waals surface area contributed by atoms with Crippen molar-refractivity contribution in [2.75, 3.05) is 23.7 Å². The number of nitrogens with two attached hydrogens (primary N) is 1. The minimum absolute atomic E-state index is 0.509. The van der Waals surface area contributed by atoms with Crippen molar-refractivity contribution in [2.24, 2.45) is 0 Å². The largest absolute Gasteiger partial charge is 0.397 e. The van der Waals surface area contributed by atoms with Gasteiger partial charge in [-0.2, -0.15) is 0 Å². The summed E-state index contributed by atoms with van der Waals surface area (Å²) in [5.41, 5.74) is 5.06. The van der Waals surface area contributed by atoms with Gasteiger partial charge in [0.25, 0.3) is 0 Å². The number of nitrogen functional groups attached to an aromatic ring is 1. The smallest absolute Gasteiger partial charge is 0.147 e. The zero-order valence-corrected chi connectivity index (χ0v) is 9.97. The summed E-state index contributed by atoms with van der Waals surface area (Å²) in [5, 5.41) is 0.530. The molecule has 0 aromatic carbocycles. The molecule has 16 heavy (non-hydrogen) atoms. The molecule has 2 rings (SSSR count). The Labute approximate surface area is 99.4 Å². The third-order valence-electron chi connectivity index (χ3n) is 2.95. The van der Waals surface area contributed by atoms with Crippen LogP contribution in [0.15, 0.2) is 12.3 Å². The number of piperidine rings is 1. The molecule has 1 aromatic heterocycles. The van der Waals surface area contributed by atoms with Crippen molar-refractivity contribution in [1.29, 1.82) is 0 Å². The van der Waals surface area contributed by atoms with Crippen molar-refractivity contribution in [3.63, 3.8) is 0 Å². The highest BCUT2D eigenvalue weighted by molar-refractivity contribution is 6.33. The third kappa shape index (κ3) is 2.38. The Bertz CT molecular complexity index is 385. The normalized spacial score (nSPS) is 19.8. The van der Waals surface area contributed by atoms with Crippen LogP contribution in [0.2, 0.25) is 5.02 Å². The molecule has 1 fully saturated rings. The van der Waals surface area contributed by atoms with Crippen LogP contribution in [0.4, 0.5) is 15.9 Å². The minimum atomic E-state index is -1.06. The average molecular weight is 244 g/mol. The lowest BCUT2D eigenvalue weighted by Crippen LogP contribution is -2.40. The van der Waals surface area contributed by atoms with Crippen molar-refractivity contribution in [3.05, 3.63) is 17.3 Å². The van der Waals surface area contributed by atoms with E-state index >= 15 is 0 Å². The molecule has 2 heterocycles. The lowest BCUT2D eigenvalue weighted by molar-refractivity contribution is 0.149. The van der Waals surface area contributed by atoms with Gasteiger partial charge in [-0.1, -0.05) is 11.6 Å². The maximum Gasteiger partial charge on any atom is 0.147 e. The fourth-order valence-electron chi connectivity index (χ4n) is 1.86. The predicted molar refractivity (Wildman–Crippen MR) is 64.6 cm³/mol. The number of anilines is 2. The molecule has 3 nitrogen and oxygen atoms in total. The van der Waals surface area contributed by atoms with Crippen LogP contribution in [0.5, 0.6) is 0 Å². The molecule has 0 bridgehead atoms. The number of pyridine rings is 1. The first kappa shape index (κ1) is 11.5. The Morgan fingerprint density at radius 2 is 2.12 bits per heavy atom. The molecule has 0 saturated carbocycles. The fourth-order valence-corrected chi connectivity index (χ4v) is 2.16. The summed E-state index contributed by atoms with van der Waals surface area (Å²) < 4.78 is 13.6. The zero-order chi connectivity index (χ0) is 11.8. The Hall–Kier alpha value is -1.03. The van der Waals surface area contributed by atoms with E-state index in [1.165, 1.54) is 0 Å². The minimum Gasteiger partial charge on any atom is -0.397 e. The van der Waals surface area contributed by atoms with Crippen LogP contribution >= 0.6 is 11.6 Å². The molecule has 0 amide bonds. The van der Waals surface area contributed by atoms with Gasteiger partial charge in [0.05, 0.1) is 16.9 Å². The molecule has 1 aromatic rings. The maximum atomic E-state index is 13.6. The van der Waals surface area contributed by atoms with Crippen molar-refractivity contribution in [3.8, 4) is 0 Å². The summed E-state index contributed by atoms with van der Waals surface area (Å²) in [6.45, 7) is 2.93. The summed E-state index contributed by atoms with van der Waals surface area (Å²) in [7, 11) is 0. The highest BCUT2D eigenvalue weighted by Crippen LogP contribution is 2.31. The Morgan fingerprint density at radius 3 is 2.69 bits per heavy atom. The van der Waals surface area contributed by atoms with E-state index < -0.39 is 5.67 Å². The molecular weight excluding hydrogens is 229 g/mol. The lowest BCUT2D eigenvalue weighted by Gasteiger charge is -2.35. The molecule has 88 valence electrons. The highest BCUT2D eigenvalue weighted by Gasteiger charge is 2.30. The average Bonchev–Trinajstić information content (AvgIpc) is 2.19. The van der Waals surface area contributed by atoms with Crippen molar-refractivity contribution in [2.45, 2.75) is 25.4 Å². The van der Waals surface area contributed by atoms with Crippen LogP contribution in [0, 0.1) is 0 Å². The van der Waals surface area contributed by atoms with Crippen LogP contribution in [-0.2, 0) is 0 Å². The Morgan fingerprint density at radius 1 is 1.50 bits per heavy atom. The standard InChI is InChI=1S/C11H15ClFN3/c1-11(13)2-4-16(5-3-11)10-9(12)6-8(14)7-15-10/h6-7H,2-5,14H2,1H3. The van der Waals surface area contributed by atoms with Gasteiger partial charge in [-0.15, -0.1) is 0 Å². The predicted octanol–water partition coefficient (Wildman–Crippen LogP) is 2.65. The molecular formula is C11H15ClFN3. The van der Waals surface area contributed by atoms with Gasteiger partial charge in [0.15, 0.2) is 0 Å². The van der Waals surface area contributed by atoms with Gasteiger partial charge in [0.2, 0.25) is 0 Å². The highest BCUT2D eigenvalue weighted by atomic mass is 35.5. The van der Waals surface area contributed by atoms with Gasteiger partial charge < -0.3 is 10.6 Å². The van der Waals surface area contributed by atoms with Crippen LogP contribution in [-0.4, -0.2) is 23.7 Å². The molecule has 0 aliphatic carbocycles. The molecule has 1 aliphatic rings. The molecule has 5 heteroatoms. The molecule has 2 N–H and O–H groups in total. The number of aromatic nitrogens is 1. The number of rotatable bonds is 1. The number of halogens is 2. The number of nitrogens with zero attached hydrogens (tertiary/aromatic N) is 2. The molecule has 0 radical (unpaired) electrons. The number of hydrogen-bond acceptors (Lipinski definition) is 3. The fraction of sp³-hybridized carbons (Fsp3) is 0.545. The molecule has 0 unspecified atom stereocenters. The maximum absolute atomic E-state index is 13.6. The second-order valence-corrected chi connectivity index (χ2v) is 4.88. The van der Waals surface area contributed by atoms with E-state index in [4.69, 9.17) is 17.3 Å². The van der Waals surface area contributed by atoms with Gasteiger partial charge >= 0.3 is 0 Å². The summed E-state index contributed by atoms with van der Waals surface area (Å²) in [6.07, 6.45) is 2.59. The Balaban J connectivity index is 2.14. The summed E-state index contributed by atoms with van der Waals surface area (Å²) in [6, 6.07) is 1.67. The van der Waals surface area contributed by atoms with E-state index in [-0.39, 0.29) is 0 Å². The van der Waals surface area contributed by atoms with E-state index in [2.05, 4.69) is 4.98 Å². The first-order valence-electron chi connectivity index (χ1n) is 5.33. The summed E-state index contributed by atoms with van der Waals surface area (Å²) >= 11 is 6.06. The van der Waals surface area contributed by atoms with Gasteiger partial charge in [0, 0.05) is 13.1 Å². The van der Waals surface area contributed by atoms with E-state index in [0.717, 1.165) is 0 Å². The summed E-state index contributed by atoms with van der Waals surface area (Å²) in [5.74, 6) is 0.700. The Kier molecular flexibility index (Phi) is 2.93. The van der Waals surface area contributed by atoms with Crippen molar-refractivity contribution < 1.29 is 4.39 Å². The number of hydrogen-bond donors (Lipinski definition) is 1. The topological polar surface area (TPSA) is 42.2 Å². The number of alkyl halides is 1. The van der Waals surface area contributed by atoms with Gasteiger partial charge in [-0.05, 0) is 25.8 Å². The first-order chi connectivity index (χ1) is 7.48. The van der Waals surface area contributed by atoms with Crippen molar-refractivity contribution >= 4 is 23.1 Å². The second kappa shape index (κ2) is 4.09. The monoisotopic (exact) mass is 243 g/mol. The second-order valence-electron chi connectivity index (χ2n) is 4.47. The van der Waals surface area contributed by atoms with E-state index in [9.17, 15) is 4.39 Å². The quantitative estimate of drug-likeness (QED) is 0.825. The SMILES string of the molecule is CC1(F)CCN(c2ncc(N)cc2Cl)CC1. The van der Waals surface area contributed by atoms with Gasteiger partial charge in [-0.3, -0.25) is 0 Å². The van der Waals surface area contributed by atoms with Crippen molar-refractivity contribution in [1.82, 2.24) is 4.98 Å². The lowest BCUT2D eigenvalue weighted by atomic mass is 9.96. The van der Waals surface area contributed by atoms with Crippen LogP contribution in [0.1, 0.15) is 19.8 Å². The molecule has 0 atom stereocenters. The van der Waals surface area contributed by atoms with E-state index in [1.807, 2.05) is 4.90 Å². The van der Waals surface area contributed by atoms with Crippen LogP contribution in [0.3, 0.4) is 0 Å². The first-order valence-corrected chi connectivity index (χ1v) is 5.71. The zero-order valence-electron chi connectivity index (χ0n) is 9.21. The molecule has 0 spiro atoms. The molecule has 1 aliphatic heterocycles.